The quantitative estimate of drug-likeness (QED) is 0.482. The van der Waals surface area contributed by atoms with Crippen molar-refractivity contribution in [1.29, 1.82) is 0 Å². The summed E-state index contributed by atoms with van der Waals surface area (Å²) in [5.41, 5.74) is 1.25. The van der Waals surface area contributed by atoms with Crippen molar-refractivity contribution in [2.45, 2.75) is 33.0 Å². The maximum atomic E-state index is 11.3. The van der Waals surface area contributed by atoms with Crippen molar-refractivity contribution in [3.63, 3.8) is 0 Å². The molecule has 1 amide bonds. The topological polar surface area (TPSA) is 66.4 Å². The van der Waals surface area contributed by atoms with E-state index in [4.69, 9.17) is 0 Å². The van der Waals surface area contributed by atoms with Gasteiger partial charge in [0, 0.05) is 6.92 Å². The van der Waals surface area contributed by atoms with E-state index in [0.717, 1.165) is 11.6 Å². The summed E-state index contributed by atoms with van der Waals surface area (Å²) in [4.78, 5) is 22.4. The van der Waals surface area contributed by atoms with Crippen LogP contribution in [0.15, 0.2) is 42.6 Å². The molecular weight excluding hydrogens is 294 g/mol. The SMILES string of the molecule is C=CC[Si](C)(C)c1ccc(/C(C)=C(/NC(C)=O)C(=O)O)cc1. The fraction of sp³-hybridized carbons (Fsp3) is 0.294. The average molecular weight is 317 g/mol. The average Bonchev–Trinajstić information content (AvgIpc) is 2.43. The Kier molecular flexibility index (Phi) is 5.88. The highest BCUT2D eigenvalue weighted by molar-refractivity contribution is 6.90. The minimum atomic E-state index is -1.53. The fourth-order valence-electron chi connectivity index (χ4n) is 2.28. The normalized spacial score (nSPS) is 12.4. The molecule has 1 aromatic carbocycles. The van der Waals surface area contributed by atoms with Gasteiger partial charge in [0.2, 0.25) is 5.91 Å². The monoisotopic (exact) mass is 317 g/mol. The molecule has 0 radical (unpaired) electrons. The number of carboxylic acid groups (broad SMARTS) is 1. The second-order valence-electron chi connectivity index (χ2n) is 5.94. The highest BCUT2D eigenvalue weighted by Crippen LogP contribution is 2.18. The van der Waals surface area contributed by atoms with Gasteiger partial charge in [-0.15, -0.1) is 6.58 Å². The molecule has 0 aromatic heterocycles. The Labute approximate surface area is 132 Å². The molecule has 22 heavy (non-hydrogen) atoms. The van der Waals surface area contributed by atoms with E-state index in [0.29, 0.717) is 5.57 Å². The van der Waals surface area contributed by atoms with Gasteiger partial charge in [0.15, 0.2) is 0 Å². The molecule has 0 bridgehead atoms. The summed E-state index contributed by atoms with van der Waals surface area (Å²) in [6, 6.07) is 8.90. The van der Waals surface area contributed by atoms with E-state index in [2.05, 4.69) is 25.0 Å². The van der Waals surface area contributed by atoms with Crippen LogP contribution in [0.2, 0.25) is 19.1 Å². The van der Waals surface area contributed by atoms with Gasteiger partial charge in [-0.3, -0.25) is 4.79 Å². The highest BCUT2D eigenvalue weighted by Gasteiger charge is 2.21. The number of benzene rings is 1. The molecule has 0 aliphatic carbocycles. The smallest absolute Gasteiger partial charge is 0.352 e. The zero-order chi connectivity index (χ0) is 16.9. The van der Waals surface area contributed by atoms with Crippen LogP contribution in [0.3, 0.4) is 0 Å². The molecular formula is C17H23NO3Si. The first-order chi connectivity index (χ1) is 10.2. The second kappa shape index (κ2) is 7.22. The Morgan fingerprint density at radius 1 is 1.23 bits per heavy atom. The van der Waals surface area contributed by atoms with Crippen molar-refractivity contribution >= 4 is 30.7 Å². The van der Waals surface area contributed by atoms with E-state index in [1.165, 1.54) is 12.1 Å². The molecule has 118 valence electrons. The second-order valence-corrected chi connectivity index (χ2v) is 10.7. The number of carbonyl (C=O) groups is 2. The van der Waals surface area contributed by atoms with Crippen molar-refractivity contribution in [2.75, 3.05) is 0 Å². The van der Waals surface area contributed by atoms with Gasteiger partial charge in [0.25, 0.3) is 0 Å². The maximum absolute atomic E-state index is 11.3. The minimum absolute atomic E-state index is 0.0807. The van der Waals surface area contributed by atoms with Gasteiger partial charge in [0.1, 0.15) is 5.70 Å². The Hall–Kier alpha value is -2.14. The van der Waals surface area contributed by atoms with Crippen molar-refractivity contribution in [2.24, 2.45) is 0 Å². The highest BCUT2D eigenvalue weighted by atomic mass is 28.3. The molecule has 0 aliphatic rings. The van der Waals surface area contributed by atoms with Gasteiger partial charge < -0.3 is 10.4 Å². The summed E-state index contributed by atoms with van der Waals surface area (Å²) in [5, 5.41) is 12.9. The van der Waals surface area contributed by atoms with Crippen LogP contribution in [0.1, 0.15) is 19.4 Å². The first-order valence-corrected chi connectivity index (χ1v) is 10.3. The summed E-state index contributed by atoms with van der Waals surface area (Å²) >= 11 is 0. The Morgan fingerprint density at radius 2 is 1.77 bits per heavy atom. The van der Waals surface area contributed by atoms with Gasteiger partial charge in [-0.2, -0.15) is 0 Å². The zero-order valence-electron chi connectivity index (χ0n) is 13.6. The molecule has 1 rings (SSSR count). The third-order valence-corrected chi connectivity index (χ3v) is 6.85. The van der Waals surface area contributed by atoms with Crippen LogP contribution in [-0.2, 0) is 9.59 Å². The van der Waals surface area contributed by atoms with Crippen LogP contribution in [0.25, 0.3) is 5.57 Å². The first kappa shape index (κ1) is 17.9. The number of carbonyl (C=O) groups excluding carboxylic acids is 1. The van der Waals surface area contributed by atoms with Crippen LogP contribution in [0.4, 0.5) is 0 Å². The van der Waals surface area contributed by atoms with Crippen molar-refractivity contribution in [1.82, 2.24) is 5.32 Å². The number of hydrogen-bond acceptors (Lipinski definition) is 2. The Bertz CT molecular complexity index is 615. The number of hydrogen-bond donors (Lipinski definition) is 2. The van der Waals surface area contributed by atoms with E-state index < -0.39 is 20.0 Å². The Balaban J connectivity index is 3.19. The molecule has 0 atom stereocenters. The molecule has 0 unspecified atom stereocenters. The van der Waals surface area contributed by atoms with Crippen LogP contribution < -0.4 is 10.5 Å². The summed E-state index contributed by atoms with van der Waals surface area (Å²) < 4.78 is 0. The molecule has 0 saturated heterocycles. The van der Waals surface area contributed by atoms with Crippen LogP contribution in [0.5, 0.6) is 0 Å². The molecule has 0 fully saturated rings. The molecule has 0 heterocycles. The van der Waals surface area contributed by atoms with Crippen LogP contribution in [0, 0.1) is 0 Å². The molecule has 5 heteroatoms. The molecule has 0 spiro atoms. The maximum Gasteiger partial charge on any atom is 0.352 e. The summed E-state index contributed by atoms with van der Waals surface area (Å²) in [5.74, 6) is -1.54. The third-order valence-electron chi connectivity index (χ3n) is 3.64. The largest absolute Gasteiger partial charge is 0.477 e. The van der Waals surface area contributed by atoms with Gasteiger partial charge in [0.05, 0.1) is 8.07 Å². The van der Waals surface area contributed by atoms with Gasteiger partial charge >= 0.3 is 5.97 Å². The summed E-state index contributed by atoms with van der Waals surface area (Å²) in [6.45, 7) is 11.3. The molecule has 0 aliphatic heterocycles. The molecule has 4 nitrogen and oxygen atoms in total. The lowest BCUT2D eigenvalue weighted by molar-refractivity contribution is -0.134. The molecule has 1 aromatic rings. The van der Waals surface area contributed by atoms with Crippen LogP contribution >= 0.6 is 0 Å². The lowest BCUT2D eigenvalue weighted by Gasteiger charge is -2.21. The van der Waals surface area contributed by atoms with Crippen molar-refractivity contribution in [3.05, 3.63) is 48.2 Å². The van der Waals surface area contributed by atoms with Gasteiger partial charge in [-0.1, -0.05) is 48.6 Å². The third kappa shape index (κ3) is 4.43. The van der Waals surface area contributed by atoms with Gasteiger partial charge in [-0.25, -0.2) is 4.79 Å². The summed E-state index contributed by atoms with van der Waals surface area (Å²) in [7, 11) is -1.53. The molecule has 0 saturated carbocycles. The lowest BCUT2D eigenvalue weighted by Crippen LogP contribution is -2.40. The van der Waals surface area contributed by atoms with E-state index in [1.807, 2.05) is 30.3 Å². The zero-order valence-corrected chi connectivity index (χ0v) is 14.6. The number of allylic oxidation sites excluding steroid dienone is 2. The Morgan fingerprint density at radius 3 is 2.18 bits per heavy atom. The number of nitrogens with one attached hydrogen (secondary N) is 1. The standard InChI is InChI=1S/C17H23NO3Si/c1-6-11-22(4,5)15-9-7-14(8-10-15)12(2)16(17(20)21)18-13(3)19/h6-10H,1,11H2,2-5H3,(H,18,19)(H,20,21)/b16-12+. The lowest BCUT2D eigenvalue weighted by atomic mass is 10.1. The fourth-order valence-corrected chi connectivity index (χ4v) is 4.30. The first-order valence-electron chi connectivity index (χ1n) is 7.12. The van der Waals surface area contributed by atoms with Crippen molar-refractivity contribution < 1.29 is 14.7 Å². The van der Waals surface area contributed by atoms with Crippen LogP contribution in [-0.4, -0.2) is 25.1 Å². The number of carboxylic acids is 1. The molecule has 2 N–H and O–H groups in total. The van der Waals surface area contributed by atoms with Gasteiger partial charge in [-0.05, 0) is 24.1 Å². The van der Waals surface area contributed by atoms with E-state index in [9.17, 15) is 14.7 Å². The predicted octanol–water partition coefficient (Wildman–Crippen LogP) is 2.74. The van der Waals surface area contributed by atoms with E-state index in [1.54, 1.807) is 6.92 Å². The predicted molar refractivity (Wildman–Crippen MR) is 92.6 cm³/mol. The van der Waals surface area contributed by atoms with Crippen molar-refractivity contribution in [3.8, 4) is 0 Å². The summed E-state index contributed by atoms with van der Waals surface area (Å²) in [6.07, 6.45) is 1.95. The van der Waals surface area contributed by atoms with E-state index in [-0.39, 0.29) is 5.70 Å². The number of rotatable bonds is 6. The van der Waals surface area contributed by atoms with E-state index >= 15 is 0 Å². The number of aliphatic carboxylic acids is 1. The minimum Gasteiger partial charge on any atom is -0.477 e. The number of amides is 1.